The van der Waals surface area contributed by atoms with Gasteiger partial charge in [0.05, 0.1) is 13.2 Å². The summed E-state index contributed by atoms with van der Waals surface area (Å²) in [6.45, 7) is 5.65. The number of nitrogens with zero attached hydrogens (tertiary/aromatic N) is 2. The minimum atomic E-state index is 0.354. The highest BCUT2D eigenvalue weighted by atomic mass is 16.5. The molecule has 0 saturated heterocycles. The van der Waals surface area contributed by atoms with Gasteiger partial charge in [0.15, 0.2) is 5.96 Å². The third-order valence-electron chi connectivity index (χ3n) is 3.62. The number of hydrogen-bond donors (Lipinski definition) is 2. The zero-order chi connectivity index (χ0) is 18.1. The second-order valence-electron chi connectivity index (χ2n) is 5.92. The number of anilines is 1. The molecule has 0 unspecified atom stereocenters. The van der Waals surface area contributed by atoms with Crippen molar-refractivity contribution >= 4 is 11.6 Å². The van der Waals surface area contributed by atoms with Crippen LogP contribution in [0.25, 0.3) is 0 Å². The molecule has 6 heteroatoms. The number of methoxy groups -OCH3 is 1. The predicted octanol–water partition coefficient (Wildman–Crippen LogP) is 3.16. The highest BCUT2D eigenvalue weighted by molar-refractivity contribution is 5.92. The van der Waals surface area contributed by atoms with Crippen LogP contribution in [0.15, 0.2) is 47.6 Å². The highest BCUT2D eigenvalue weighted by Crippen LogP contribution is 2.19. The first-order valence-corrected chi connectivity index (χ1v) is 8.32. The van der Waals surface area contributed by atoms with Crippen LogP contribution in [0.3, 0.4) is 0 Å². The molecule has 0 aliphatic heterocycles. The number of nitrogens with one attached hydrogen (secondary N) is 1. The fourth-order valence-electron chi connectivity index (χ4n) is 2.23. The van der Waals surface area contributed by atoms with Gasteiger partial charge in [0.25, 0.3) is 0 Å². The van der Waals surface area contributed by atoms with Gasteiger partial charge in [0, 0.05) is 24.6 Å². The van der Waals surface area contributed by atoms with Gasteiger partial charge in [0.2, 0.25) is 5.88 Å². The molecule has 0 atom stereocenters. The molecule has 6 nitrogen and oxygen atoms in total. The van der Waals surface area contributed by atoms with Crippen molar-refractivity contribution in [3.63, 3.8) is 0 Å². The first kappa shape index (κ1) is 18.7. The van der Waals surface area contributed by atoms with Gasteiger partial charge < -0.3 is 20.5 Å². The maximum absolute atomic E-state index is 6.01. The summed E-state index contributed by atoms with van der Waals surface area (Å²) in [6.07, 6.45) is 1.69. The summed E-state index contributed by atoms with van der Waals surface area (Å²) in [4.78, 5) is 8.62. The Kier molecular flexibility index (Phi) is 7.22. The van der Waals surface area contributed by atoms with Gasteiger partial charge in [-0.1, -0.05) is 32.0 Å². The minimum Gasteiger partial charge on any atom is -0.475 e. The van der Waals surface area contributed by atoms with Gasteiger partial charge in [-0.2, -0.15) is 0 Å². The number of hydrogen-bond acceptors (Lipinski definition) is 4. The van der Waals surface area contributed by atoms with Crippen LogP contribution < -0.4 is 15.8 Å². The summed E-state index contributed by atoms with van der Waals surface area (Å²) in [5.41, 5.74) is 9.06. The van der Waals surface area contributed by atoms with Crippen LogP contribution in [0.1, 0.15) is 30.9 Å². The monoisotopic (exact) mass is 342 g/mol. The van der Waals surface area contributed by atoms with E-state index in [0.717, 1.165) is 11.3 Å². The van der Waals surface area contributed by atoms with Crippen molar-refractivity contribution in [2.45, 2.75) is 26.3 Å². The lowest BCUT2D eigenvalue weighted by Gasteiger charge is -2.11. The predicted molar refractivity (Wildman–Crippen MR) is 101 cm³/mol. The molecule has 2 aromatic rings. The molecule has 0 fully saturated rings. The van der Waals surface area contributed by atoms with Crippen LogP contribution in [0.2, 0.25) is 0 Å². The van der Waals surface area contributed by atoms with Crippen molar-refractivity contribution in [1.29, 1.82) is 0 Å². The van der Waals surface area contributed by atoms with Crippen molar-refractivity contribution in [1.82, 2.24) is 4.98 Å². The van der Waals surface area contributed by atoms with Crippen LogP contribution in [-0.4, -0.2) is 31.3 Å². The summed E-state index contributed by atoms with van der Waals surface area (Å²) in [7, 11) is 1.63. The Balaban J connectivity index is 2.00. The van der Waals surface area contributed by atoms with Crippen LogP contribution in [0.4, 0.5) is 5.69 Å². The van der Waals surface area contributed by atoms with Gasteiger partial charge >= 0.3 is 0 Å². The number of pyridine rings is 1. The molecule has 1 heterocycles. The second-order valence-corrected chi connectivity index (χ2v) is 5.92. The van der Waals surface area contributed by atoms with Gasteiger partial charge in [-0.15, -0.1) is 0 Å². The summed E-state index contributed by atoms with van der Waals surface area (Å²) in [5.74, 6) is 1.37. The fraction of sp³-hybridized carbons (Fsp3) is 0.368. The third-order valence-corrected chi connectivity index (χ3v) is 3.62. The fourth-order valence-corrected chi connectivity index (χ4v) is 2.23. The van der Waals surface area contributed by atoms with Gasteiger partial charge in [-0.25, -0.2) is 9.98 Å². The molecule has 0 radical (unpaired) electrons. The van der Waals surface area contributed by atoms with E-state index in [1.54, 1.807) is 13.3 Å². The number of benzene rings is 1. The van der Waals surface area contributed by atoms with E-state index in [2.05, 4.69) is 41.3 Å². The van der Waals surface area contributed by atoms with Crippen molar-refractivity contribution in [2.24, 2.45) is 10.7 Å². The summed E-state index contributed by atoms with van der Waals surface area (Å²) in [6, 6.07) is 11.9. The minimum absolute atomic E-state index is 0.354. The number of aromatic nitrogens is 1. The highest BCUT2D eigenvalue weighted by Gasteiger charge is 2.05. The molecule has 0 aliphatic rings. The van der Waals surface area contributed by atoms with Gasteiger partial charge in [-0.05, 0) is 29.7 Å². The summed E-state index contributed by atoms with van der Waals surface area (Å²) >= 11 is 0. The number of aliphatic imine (C=N–C) groups is 1. The first-order valence-electron chi connectivity index (χ1n) is 8.32. The SMILES string of the molecule is COCCOc1ncccc1CN=C(N)Nc1cccc(C(C)C)c1. The Bertz CT molecular complexity index is 701. The Labute approximate surface area is 149 Å². The molecule has 0 aliphatic carbocycles. The van der Waals surface area contributed by atoms with E-state index in [1.165, 1.54) is 5.56 Å². The van der Waals surface area contributed by atoms with Crippen molar-refractivity contribution in [2.75, 3.05) is 25.6 Å². The van der Waals surface area contributed by atoms with Crippen molar-refractivity contribution < 1.29 is 9.47 Å². The Morgan fingerprint density at radius 2 is 2.08 bits per heavy atom. The van der Waals surface area contributed by atoms with E-state index in [9.17, 15) is 0 Å². The molecule has 0 amide bonds. The Morgan fingerprint density at radius 1 is 1.24 bits per heavy atom. The normalized spacial score (nSPS) is 11.6. The van der Waals surface area contributed by atoms with Gasteiger partial charge in [-0.3, -0.25) is 0 Å². The average molecular weight is 342 g/mol. The summed E-state index contributed by atoms with van der Waals surface area (Å²) < 4.78 is 10.6. The largest absolute Gasteiger partial charge is 0.475 e. The van der Waals surface area contributed by atoms with Crippen molar-refractivity contribution in [3.8, 4) is 5.88 Å². The maximum atomic E-state index is 6.01. The van der Waals surface area contributed by atoms with Crippen LogP contribution in [0, 0.1) is 0 Å². The third kappa shape index (κ3) is 6.08. The molecule has 3 N–H and O–H groups in total. The Hall–Kier alpha value is -2.60. The smallest absolute Gasteiger partial charge is 0.218 e. The molecule has 1 aromatic carbocycles. The van der Waals surface area contributed by atoms with E-state index < -0.39 is 0 Å². The van der Waals surface area contributed by atoms with Crippen LogP contribution in [-0.2, 0) is 11.3 Å². The molecular formula is C19H26N4O2. The quantitative estimate of drug-likeness (QED) is 0.437. The molecule has 134 valence electrons. The maximum Gasteiger partial charge on any atom is 0.218 e. The number of guanidine groups is 1. The van der Waals surface area contributed by atoms with Crippen LogP contribution >= 0.6 is 0 Å². The molecule has 25 heavy (non-hydrogen) atoms. The molecule has 0 spiro atoms. The number of nitrogens with two attached hydrogens (primary N) is 1. The number of rotatable bonds is 8. The lowest BCUT2D eigenvalue weighted by atomic mass is 10.0. The lowest BCUT2D eigenvalue weighted by molar-refractivity contribution is 0.143. The van der Waals surface area contributed by atoms with Crippen molar-refractivity contribution in [3.05, 3.63) is 53.7 Å². The average Bonchev–Trinajstić information content (AvgIpc) is 2.61. The second kappa shape index (κ2) is 9.64. The molecule has 0 bridgehead atoms. The molecule has 1 aromatic heterocycles. The van der Waals surface area contributed by atoms with E-state index in [-0.39, 0.29) is 0 Å². The van der Waals surface area contributed by atoms with Gasteiger partial charge in [0.1, 0.15) is 6.61 Å². The van der Waals surface area contributed by atoms with Crippen LogP contribution in [0.5, 0.6) is 5.88 Å². The molecule has 0 saturated carbocycles. The Morgan fingerprint density at radius 3 is 2.84 bits per heavy atom. The first-order chi connectivity index (χ1) is 12.1. The van der Waals surface area contributed by atoms with E-state index in [1.807, 2.05) is 24.3 Å². The summed E-state index contributed by atoms with van der Waals surface area (Å²) in [5, 5.41) is 3.13. The molecular weight excluding hydrogens is 316 g/mol. The topological polar surface area (TPSA) is 81.8 Å². The zero-order valence-electron chi connectivity index (χ0n) is 15.0. The zero-order valence-corrected chi connectivity index (χ0v) is 15.0. The molecule has 2 rings (SSSR count). The lowest BCUT2D eigenvalue weighted by Crippen LogP contribution is -2.22. The van der Waals surface area contributed by atoms with E-state index in [0.29, 0.717) is 37.5 Å². The standard InChI is InChI=1S/C19H26N4O2/c1-14(2)15-6-4-8-17(12-15)23-19(20)22-13-16-7-5-9-21-18(16)25-11-10-24-3/h4-9,12,14H,10-11,13H2,1-3H3,(H3,20,22,23). The number of ether oxygens (including phenoxy) is 2. The van der Waals surface area contributed by atoms with E-state index in [4.69, 9.17) is 15.2 Å². The van der Waals surface area contributed by atoms with E-state index >= 15 is 0 Å².